The molecule has 2 amide bonds. The first-order valence-electron chi connectivity index (χ1n) is 10.9. The fourth-order valence-electron chi connectivity index (χ4n) is 4.55. The predicted molar refractivity (Wildman–Crippen MR) is 125 cm³/mol. The van der Waals surface area contributed by atoms with Gasteiger partial charge in [0.05, 0.1) is 5.41 Å². The zero-order chi connectivity index (χ0) is 22.4. The standard InChI is InChI=1S/C26H28N4O2/c1-2-15-27-25(32)26(14-8-17-30(19-26)24(31)23-13-16-28-29-23)18-21-11-6-7-12-22(21)20-9-4-3-5-10-20/h2-7,9-13,16H,1,8,14-15,17-19H2,(H,27,32)(H,28,29)/t26-/m0/s1. The number of piperidine rings is 1. The van der Waals surface area contributed by atoms with Crippen molar-refractivity contribution >= 4 is 11.8 Å². The first-order chi connectivity index (χ1) is 15.6. The number of rotatable bonds is 7. The highest BCUT2D eigenvalue weighted by Gasteiger charge is 2.44. The van der Waals surface area contributed by atoms with Gasteiger partial charge in [0.2, 0.25) is 5.91 Å². The minimum atomic E-state index is -0.720. The van der Waals surface area contributed by atoms with E-state index in [9.17, 15) is 9.59 Å². The van der Waals surface area contributed by atoms with Crippen molar-refractivity contribution in [3.63, 3.8) is 0 Å². The van der Waals surface area contributed by atoms with Gasteiger partial charge in [-0.2, -0.15) is 5.10 Å². The topological polar surface area (TPSA) is 78.1 Å². The Balaban J connectivity index is 1.68. The highest BCUT2D eigenvalue weighted by Crippen LogP contribution is 2.37. The summed E-state index contributed by atoms with van der Waals surface area (Å²) in [7, 11) is 0. The Morgan fingerprint density at radius 1 is 1.12 bits per heavy atom. The van der Waals surface area contributed by atoms with Crippen LogP contribution in [0.3, 0.4) is 0 Å². The average molecular weight is 429 g/mol. The van der Waals surface area contributed by atoms with Gasteiger partial charge in [-0.25, -0.2) is 0 Å². The zero-order valence-electron chi connectivity index (χ0n) is 18.1. The zero-order valence-corrected chi connectivity index (χ0v) is 18.1. The number of hydrogen-bond donors (Lipinski definition) is 2. The molecular formula is C26H28N4O2. The van der Waals surface area contributed by atoms with Crippen molar-refractivity contribution in [3.8, 4) is 11.1 Å². The fourth-order valence-corrected chi connectivity index (χ4v) is 4.55. The number of aromatic amines is 1. The summed E-state index contributed by atoms with van der Waals surface area (Å²) in [5.41, 5.74) is 3.05. The van der Waals surface area contributed by atoms with Crippen LogP contribution in [-0.4, -0.2) is 46.5 Å². The Bertz CT molecular complexity index is 1080. The second-order valence-electron chi connectivity index (χ2n) is 8.28. The highest BCUT2D eigenvalue weighted by atomic mass is 16.2. The Hall–Kier alpha value is -3.67. The van der Waals surface area contributed by atoms with Gasteiger partial charge in [-0.3, -0.25) is 14.7 Å². The third kappa shape index (κ3) is 4.49. The van der Waals surface area contributed by atoms with Gasteiger partial charge in [0.1, 0.15) is 5.69 Å². The van der Waals surface area contributed by atoms with E-state index in [1.807, 2.05) is 30.3 Å². The van der Waals surface area contributed by atoms with Crippen LogP contribution in [0.5, 0.6) is 0 Å². The van der Waals surface area contributed by atoms with Gasteiger partial charge in [-0.1, -0.05) is 60.7 Å². The molecule has 1 aliphatic heterocycles. The Labute approximate surface area is 188 Å². The summed E-state index contributed by atoms with van der Waals surface area (Å²) >= 11 is 0. The summed E-state index contributed by atoms with van der Waals surface area (Å²) in [6.07, 6.45) is 5.27. The molecule has 3 aromatic rings. The molecule has 6 heteroatoms. The van der Waals surface area contributed by atoms with Crippen LogP contribution < -0.4 is 5.32 Å². The van der Waals surface area contributed by atoms with Crippen LogP contribution in [0.25, 0.3) is 11.1 Å². The van der Waals surface area contributed by atoms with Gasteiger partial charge in [0.25, 0.3) is 5.91 Å². The lowest BCUT2D eigenvalue weighted by atomic mass is 9.73. The van der Waals surface area contributed by atoms with Crippen LogP contribution in [0.1, 0.15) is 28.9 Å². The van der Waals surface area contributed by atoms with E-state index in [-0.39, 0.29) is 11.8 Å². The molecular weight excluding hydrogens is 400 g/mol. The summed E-state index contributed by atoms with van der Waals surface area (Å²) in [6.45, 7) is 5.10. The minimum Gasteiger partial charge on any atom is -0.352 e. The van der Waals surface area contributed by atoms with Crippen molar-refractivity contribution in [1.29, 1.82) is 0 Å². The maximum absolute atomic E-state index is 13.5. The SMILES string of the molecule is C=CCNC(=O)[C@]1(Cc2ccccc2-c2ccccc2)CCCN(C(=O)c2ccn[nH]2)C1. The highest BCUT2D eigenvalue weighted by molar-refractivity contribution is 5.93. The van der Waals surface area contributed by atoms with Crippen molar-refractivity contribution in [2.24, 2.45) is 5.41 Å². The second kappa shape index (κ2) is 9.64. The molecule has 0 radical (unpaired) electrons. The molecule has 6 nitrogen and oxygen atoms in total. The largest absolute Gasteiger partial charge is 0.352 e. The van der Waals surface area contributed by atoms with Crippen LogP contribution in [0.4, 0.5) is 0 Å². The molecule has 4 rings (SSSR count). The normalized spacial score (nSPS) is 18.2. The number of hydrogen-bond acceptors (Lipinski definition) is 3. The molecule has 0 unspecified atom stereocenters. The van der Waals surface area contributed by atoms with Crippen molar-refractivity contribution in [2.45, 2.75) is 19.3 Å². The summed E-state index contributed by atoms with van der Waals surface area (Å²) < 4.78 is 0. The number of aromatic nitrogens is 2. The molecule has 1 aromatic heterocycles. The van der Waals surface area contributed by atoms with Crippen LogP contribution >= 0.6 is 0 Å². The van der Waals surface area contributed by atoms with Gasteiger partial charge >= 0.3 is 0 Å². The van der Waals surface area contributed by atoms with Crippen molar-refractivity contribution in [3.05, 3.63) is 90.8 Å². The van der Waals surface area contributed by atoms with Crippen molar-refractivity contribution in [2.75, 3.05) is 19.6 Å². The molecule has 2 N–H and O–H groups in total. The summed E-state index contributed by atoms with van der Waals surface area (Å²) in [5.74, 6) is -0.165. The molecule has 1 fully saturated rings. The van der Waals surface area contributed by atoms with E-state index in [0.29, 0.717) is 38.2 Å². The molecule has 0 spiro atoms. The molecule has 164 valence electrons. The third-order valence-corrected chi connectivity index (χ3v) is 6.11. The molecule has 0 saturated carbocycles. The Morgan fingerprint density at radius 2 is 1.91 bits per heavy atom. The smallest absolute Gasteiger partial charge is 0.271 e. The lowest BCUT2D eigenvalue weighted by Crippen LogP contribution is -2.54. The number of H-pyrrole nitrogens is 1. The van der Waals surface area contributed by atoms with E-state index < -0.39 is 5.41 Å². The van der Waals surface area contributed by atoms with E-state index in [4.69, 9.17) is 0 Å². The third-order valence-electron chi connectivity index (χ3n) is 6.11. The van der Waals surface area contributed by atoms with Crippen molar-refractivity contribution in [1.82, 2.24) is 20.4 Å². The summed E-state index contributed by atoms with van der Waals surface area (Å²) in [6, 6.07) is 20.1. The van der Waals surface area contributed by atoms with E-state index in [1.54, 1.807) is 23.2 Å². The van der Waals surface area contributed by atoms with Gasteiger partial charge in [-0.05, 0) is 42.0 Å². The first kappa shape index (κ1) is 21.6. The van der Waals surface area contributed by atoms with E-state index in [0.717, 1.165) is 23.1 Å². The Kier molecular flexibility index (Phi) is 6.50. The number of carbonyl (C=O) groups excluding carboxylic acids is 2. The quantitative estimate of drug-likeness (QED) is 0.561. The van der Waals surface area contributed by atoms with E-state index >= 15 is 0 Å². The number of carbonyl (C=O) groups is 2. The molecule has 1 aliphatic rings. The van der Waals surface area contributed by atoms with Gasteiger partial charge < -0.3 is 10.2 Å². The van der Waals surface area contributed by atoms with Crippen LogP contribution in [0, 0.1) is 5.41 Å². The van der Waals surface area contributed by atoms with Gasteiger partial charge in [-0.15, -0.1) is 6.58 Å². The molecule has 0 bridgehead atoms. The number of nitrogens with zero attached hydrogens (tertiary/aromatic N) is 2. The fraction of sp³-hybridized carbons (Fsp3) is 0.269. The predicted octanol–water partition coefficient (Wildman–Crippen LogP) is 3.84. The van der Waals surface area contributed by atoms with Gasteiger partial charge in [0.15, 0.2) is 0 Å². The van der Waals surface area contributed by atoms with Crippen LogP contribution in [0.2, 0.25) is 0 Å². The number of amides is 2. The van der Waals surface area contributed by atoms with E-state index in [2.05, 4.69) is 46.4 Å². The van der Waals surface area contributed by atoms with Crippen molar-refractivity contribution < 1.29 is 9.59 Å². The lowest BCUT2D eigenvalue weighted by molar-refractivity contribution is -0.133. The summed E-state index contributed by atoms with van der Waals surface area (Å²) in [5, 5.41) is 9.65. The molecule has 1 saturated heterocycles. The lowest BCUT2D eigenvalue weighted by Gasteiger charge is -2.42. The Morgan fingerprint density at radius 3 is 2.66 bits per heavy atom. The maximum Gasteiger partial charge on any atom is 0.271 e. The van der Waals surface area contributed by atoms with Crippen LogP contribution in [0.15, 0.2) is 79.5 Å². The molecule has 2 aromatic carbocycles. The number of nitrogens with one attached hydrogen (secondary N) is 2. The molecule has 0 aliphatic carbocycles. The monoisotopic (exact) mass is 428 g/mol. The molecule has 1 atom stereocenters. The maximum atomic E-state index is 13.5. The van der Waals surface area contributed by atoms with E-state index in [1.165, 1.54) is 0 Å². The molecule has 2 heterocycles. The minimum absolute atomic E-state index is 0.0395. The average Bonchev–Trinajstić information content (AvgIpc) is 3.38. The number of benzene rings is 2. The number of likely N-dealkylation sites (tertiary alicyclic amines) is 1. The second-order valence-corrected chi connectivity index (χ2v) is 8.28. The van der Waals surface area contributed by atoms with Crippen LogP contribution in [-0.2, 0) is 11.2 Å². The summed E-state index contributed by atoms with van der Waals surface area (Å²) in [4.78, 5) is 28.3. The van der Waals surface area contributed by atoms with Gasteiger partial charge in [0, 0.05) is 25.8 Å². The first-order valence-corrected chi connectivity index (χ1v) is 10.9. The molecule has 32 heavy (non-hydrogen) atoms.